The molecule has 55 valence electrons. The van der Waals surface area contributed by atoms with Gasteiger partial charge in [-0.05, 0) is 25.5 Å². The summed E-state index contributed by atoms with van der Waals surface area (Å²) >= 11 is 0. The third kappa shape index (κ3) is 0.845. The number of para-hydroxylation sites is 1. The first-order valence-corrected chi connectivity index (χ1v) is 3.68. The van der Waals surface area contributed by atoms with Crippen LogP contribution in [-0.2, 0) is 0 Å². The molecule has 0 saturated heterocycles. The predicted octanol–water partition coefficient (Wildman–Crippen LogP) is 2.66. The van der Waals surface area contributed by atoms with Crippen molar-refractivity contribution in [2.24, 2.45) is 0 Å². The first-order chi connectivity index (χ1) is 5.29. The van der Waals surface area contributed by atoms with Crippen molar-refractivity contribution in [1.29, 1.82) is 0 Å². The quantitative estimate of drug-likeness (QED) is 0.585. The number of aromatic amines is 1. The van der Waals surface area contributed by atoms with Gasteiger partial charge in [-0.3, -0.25) is 0 Å². The Bertz CT molecular complexity index is 385. The zero-order valence-electron chi connectivity index (χ0n) is 6.52. The molecule has 1 nitrogen and oxygen atoms in total. The fourth-order valence-corrected chi connectivity index (χ4v) is 1.34. The van der Waals surface area contributed by atoms with E-state index in [1.807, 2.05) is 12.1 Å². The summed E-state index contributed by atoms with van der Waals surface area (Å²) in [6.07, 6.45) is 0. The second-order valence-corrected chi connectivity index (χ2v) is 2.77. The first kappa shape index (κ1) is 6.47. The number of rotatable bonds is 0. The van der Waals surface area contributed by atoms with Gasteiger partial charge in [-0.25, -0.2) is 0 Å². The summed E-state index contributed by atoms with van der Waals surface area (Å²) < 4.78 is 0. The van der Waals surface area contributed by atoms with Crippen molar-refractivity contribution < 1.29 is 0 Å². The second kappa shape index (κ2) is 2.12. The van der Waals surface area contributed by atoms with Gasteiger partial charge in [0.1, 0.15) is 0 Å². The van der Waals surface area contributed by atoms with Crippen LogP contribution in [0.25, 0.3) is 10.9 Å². The maximum Gasteiger partial charge on any atom is 0.0458 e. The molecule has 0 bridgehead atoms. The molecular weight excluding hydrogens is 134 g/mol. The Balaban J connectivity index is 2.92. The van der Waals surface area contributed by atoms with Crippen LogP contribution >= 0.6 is 0 Å². The number of aryl methyl sites for hydroxylation is 1. The van der Waals surface area contributed by atoms with Gasteiger partial charge in [0.25, 0.3) is 0 Å². The lowest BCUT2D eigenvalue weighted by Gasteiger charge is -1.87. The number of H-pyrrole nitrogens is 1. The third-order valence-electron chi connectivity index (χ3n) is 2.07. The van der Waals surface area contributed by atoms with Crippen molar-refractivity contribution in [1.82, 2.24) is 4.98 Å². The van der Waals surface area contributed by atoms with Crippen molar-refractivity contribution in [3.8, 4) is 0 Å². The average Bonchev–Trinajstić information content (AvgIpc) is 2.30. The van der Waals surface area contributed by atoms with Crippen molar-refractivity contribution in [3.05, 3.63) is 42.4 Å². The molecule has 0 aliphatic rings. The molecule has 1 heteroatoms. The van der Waals surface area contributed by atoms with E-state index in [2.05, 4.69) is 31.0 Å². The van der Waals surface area contributed by atoms with E-state index in [1.54, 1.807) is 0 Å². The molecule has 1 radical (unpaired) electrons. The zero-order chi connectivity index (χ0) is 7.84. The normalized spacial score (nSPS) is 10.7. The minimum Gasteiger partial charge on any atom is -0.358 e. The largest absolute Gasteiger partial charge is 0.358 e. The highest BCUT2D eigenvalue weighted by molar-refractivity contribution is 5.84. The van der Waals surface area contributed by atoms with Crippen LogP contribution in [0, 0.1) is 13.8 Å². The van der Waals surface area contributed by atoms with Gasteiger partial charge in [-0.15, -0.1) is 0 Å². The molecule has 0 aliphatic carbocycles. The van der Waals surface area contributed by atoms with Gasteiger partial charge in [-0.1, -0.05) is 18.2 Å². The molecule has 0 saturated carbocycles. The smallest absolute Gasteiger partial charge is 0.0458 e. The molecule has 0 amide bonds. The summed E-state index contributed by atoms with van der Waals surface area (Å²) in [5.41, 5.74) is 3.45. The Morgan fingerprint density at radius 2 is 2.00 bits per heavy atom. The molecule has 2 aromatic rings. The van der Waals surface area contributed by atoms with E-state index >= 15 is 0 Å². The molecule has 0 atom stereocenters. The van der Waals surface area contributed by atoms with Gasteiger partial charge in [0.2, 0.25) is 0 Å². The number of nitrogens with one attached hydrogen (secondary N) is 1. The van der Waals surface area contributed by atoms with E-state index in [0.717, 1.165) is 5.69 Å². The SMILES string of the molecule is [CH2]c1[nH]c2ccccc2c1C. The second-order valence-electron chi connectivity index (χ2n) is 2.77. The minimum absolute atomic E-state index is 1.02. The Hall–Kier alpha value is -1.24. The number of hydrogen-bond donors (Lipinski definition) is 1. The van der Waals surface area contributed by atoms with Crippen LogP contribution in [-0.4, -0.2) is 4.98 Å². The zero-order valence-corrected chi connectivity index (χ0v) is 6.52. The summed E-state index contributed by atoms with van der Waals surface area (Å²) in [4.78, 5) is 3.22. The maximum atomic E-state index is 3.90. The van der Waals surface area contributed by atoms with Crippen LogP contribution in [0.1, 0.15) is 11.3 Å². The number of benzene rings is 1. The van der Waals surface area contributed by atoms with Gasteiger partial charge in [0, 0.05) is 16.6 Å². The highest BCUT2D eigenvalue weighted by Crippen LogP contribution is 2.19. The van der Waals surface area contributed by atoms with Crippen LogP contribution in [0.2, 0.25) is 0 Å². The summed E-state index contributed by atoms with van der Waals surface area (Å²) in [6, 6.07) is 8.24. The number of fused-ring (bicyclic) bond motifs is 1. The molecule has 0 spiro atoms. The Labute approximate surface area is 66.1 Å². The summed E-state index contributed by atoms with van der Waals surface area (Å²) in [5, 5.41) is 1.28. The van der Waals surface area contributed by atoms with Crippen LogP contribution in [0.4, 0.5) is 0 Å². The predicted molar refractivity (Wildman–Crippen MR) is 47.5 cm³/mol. The van der Waals surface area contributed by atoms with Crippen LogP contribution in [0.5, 0.6) is 0 Å². The van der Waals surface area contributed by atoms with E-state index < -0.39 is 0 Å². The van der Waals surface area contributed by atoms with E-state index in [1.165, 1.54) is 16.5 Å². The lowest BCUT2D eigenvalue weighted by atomic mass is 10.2. The monoisotopic (exact) mass is 144 g/mol. The van der Waals surface area contributed by atoms with Gasteiger partial charge < -0.3 is 4.98 Å². The van der Waals surface area contributed by atoms with E-state index in [-0.39, 0.29) is 0 Å². The standard InChI is InChI=1S/C10H10N/c1-7-8(2)11-10-6-4-3-5-9(7)10/h3-6,11H,2H2,1H3. The summed E-state index contributed by atoms with van der Waals surface area (Å²) in [5.74, 6) is 0. The van der Waals surface area contributed by atoms with Crippen LogP contribution in [0.3, 0.4) is 0 Å². The number of hydrogen-bond acceptors (Lipinski definition) is 0. The Kier molecular flexibility index (Phi) is 1.25. The molecule has 2 rings (SSSR count). The molecule has 1 heterocycles. The van der Waals surface area contributed by atoms with Crippen molar-refractivity contribution in [2.75, 3.05) is 0 Å². The molecule has 0 fully saturated rings. The average molecular weight is 144 g/mol. The van der Waals surface area contributed by atoms with Crippen molar-refractivity contribution >= 4 is 10.9 Å². The molecular formula is C10H10N. The topological polar surface area (TPSA) is 15.8 Å². The summed E-state index contributed by atoms with van der Waals surface area (Å²) in [6.45, 7) is 5.99. The first-order valence-electron chi connectivity index (χ1n) is 3.68. The van der Waals surface area contributed by atoms with Crippen LogP contribution < -0.4 is 0 Å². The highest BCUT2D eigenvalue weighted by Gasteiger charge is 2.00. The minimum atomic E-state index is 1.02. The summed E-state index contributed by atoms with van der Waals surface area (Å²) in [7, 11) is 0. The molecule has 1 aromatic carbocycles. The molecule has 1 N–H and O–H groups in total. The van der Waals surface area contributed by atoms with Gasteiger partial charge >= 0.3 is 0 Å². The van der Waals surface area contributed by atoms with E-state index in [4.69, 9.17) is 0 Å². The van der Waals surface area contributed by atoms with Gasteiger partial charge in [0.15, 0.2) is 0 Å². The molecule has 11 heavy (non-hydrogen) atoms. The van der Waals surface area contributed by atoms with Crippen molar-refractivity contribution in [3.63, 3.8) is 0 Å². The van der Waals surface area contributed by atoms with E-state index in [0.29, 0.717) is 0 Å². The fraction of sp³-hybridized carbons (Fsp3) is 0.100. The lowest BCUT2D eigenvalue weighted by Crippen LogP contribution is -1.70. The Morgan fingerprint density at radius 1 is 1.27 bits per heavy atom. The fourth-order valence-electron chi connectivity index (χ4n) is 1.34. The third-order valence-corrected chi connectivity index (χ3v) is 2.07. The maximum absolute atomic E-state index is 3.90. The lowest BCUT2D eigenvalue weighted by molar-refractivity contribution is 1.34. The Morgan fingerprint density at radius 3 is 2.73 bits per heavy atom. The van der Waals surface area contributed by atoms with Gasteiger partial charge in [-0.2, -0.15) is 0 Å². The molecule has 0 aliphatic heterocycles. The molecule has 0 unspecified atom stereocenters. The number of aromatic nitrogens is 1. The molecule has 1 aromatic heterocycles. The van der Waals surface area contributed by atoms with Crippen LogP contribution in [0.15, 0.2) is 24.3 Å². The van der Waals surface area contributed by atoms with Crippen molar-refractivity contribution in [2.45, 2.75) is 6.92 Å². The van der Waals surface area contributed by atoms with Gasteiger partial charge in [0.05, 0.1) is 0 Å². The highest BCUT2D eigenvalue weighted by atomic mass is 14.7. The van der Waals surface area contributed by atoms with E-state index in [9.17, 15) is 0 Å².